The maximum Gasteiger partial charge on any atom is 0.230 e. The number of nitrogens with zero attached hydrogens (tertiary/aromatic N) is 3. The van der Waals surface area contributed by atoms with Crippen molar-refractivity contribution in [1.29, 1.82) is 0 Å². The first-order chi connectivity index (χ1) is 12.2. The zero-order valence-electron chi connectivity index (χ0n) is 14.0. The zero-order valence-corrected chi connectivity index (χ0v) is 14.7. The summed E-state index contributed by atoms with van der Waals surface area (Å²) in [6.45, 7) is 1.73. The molecule has 4 rings (SSSR count). The highest BCUT2D eigenvalue weighted by atomic mass is 35.5. The van der Waals surface area contributed by atoms with Gasteiger partial charge in [-0.3, -0.25) is 4.79 Å². The number of nitrogens with one attached hydrogen (secondary N) is 1. The summed E-state index contributed by atoms with van der Waals surface area (Å²) in [6.07, 6.45) is 7.19. The van der Waals surface area contributed by atoms with Crippen LogP contribution < -0.4 is 10.2 Å². The van der Waals surface area contributed by atoms with Gasteiger partial charge in [0.25, 0.3) is 0 Å². The van der Waals surface area contributed by atoms with Gasteiger partial charge < -0.3 is 10.2 Å². The van der Waals surface area contributed by atoms with Gasteiger partial charge in [-0.15, -0.1) is 0 Å². The van der Waals surface area contributed by atoms with E-state index in [1.165, 1.54) is 0 Å². The van der Waals surface area contributed by atoms with Crippen LogP contribution in [-0.4, -0.2) is 35.0 Å². The van der Waals surface area contributed by atoms with Crippen LogP contribution in [0.3, 0.4) is 0 Å². The van der Waals surface area contributed by atoms with Gasteiger partial charge in [0, 0.05) is 36.5 Å². The minimum Gasteiger partial charge on any atom is -0.352 e. The van der Waals surface area contributed by atoms with Crippen molar-refractivity contribution < 1.29 is 4.79 Å². The van der Waals surface area contributed by atoms with E-state index in [9.17, 15) is 4.79 Å². The Morgan fingerprint density at radius 2 is 1.76 bits per heavy atom. The fourth-order valence-corrected chi connectivity index (χ4v) is 3.67. The SMILES string of the molecule is O=C(NC1CCN(c2ncccn2)CC1)C1(c2ccc(Cl)cc2)CC1. The molecule has 1 aromatic carbocycles. The summed E-state index contributed by atoms with van der Waals surface area (Å²) >= 11 is 5.97. The van der Waals surface area contributed by atoms with Gasteiger partial charge in [0.15, 0.2) is 0 Å². The third-order valence-electron chi connectivity index (χ3n) is 5.25. The Morgan fingerprint density at radius 1 is 1.12 bits per heavy atom. The fraction of sp³-hybridized carbons (Fsp3) is 0.421. The molecule has 0 radical (unpaired) electrons. The molecule has 2 fully saturated rings. The van der Waals surface area contributed by atoms with Crippen LogP contribution in [0, 0.1) is 0 Å². The van der Waals surface area contributed by atoms with Gasteiger partial charge in [-0.2, -0.15) is 0 Å². The normalized spacial score (nSPS) is 19.5. The first-order valence-corrected chi connectivity index (χ1v) is 9.14. The first kappa shape index (κ1) is 16.3. The van der Waals surface area contributed by atoms with Crippen LogP contribution in [0.1, 0.15) is 31.2 Å². The molecule has 0 unspecified atom stereocenters. The molecule has 2 aliphatic rings. The van der Waals surface area contributed by atoms with Crippen LogP contribution in [0.2, 0.25) is 5.02 Å². The van der Waals surface area contributed by atoms with Gasteiger partial charge in [-0.25, -0.2) is 9.97 Å². The van der Waals surface area contributed by atoms with Crippen LogP contribution in [0.4, 0.5) is 5.95 Å². The fourth-order valence-electron chi connectivity index (χ4n) is 3.54. The van der Waals surface area contributed by atoms with E-state index in [-0.39, 0.29) is 17.4 Å². The Labute approximate surface area is 152 Å². The Kier molecular flexibility index (Phi) is 4.34. The number of hydrogen-bond donors (Lipinski definition) is 1. The second kappa shape index (κ2) is 6.64. The largest absolute Gasteiger partial charge is 0.352 e. The lowest BCUT2D eigenvalue weighted by atomic mass is 9.94. The maximum absolute atomic E-state index is 12.8. The van der Waals surface area contributed by atoms with Crippen molar-refractivity contribution in [2.75, 3.05) is 18.0 Å². The van der Waals surface area contributed by atoms with Crippen molar-refractivity contribution in [2.45, 2.75) is 37.1 Å². The maximum atomic E-state index is 12.8. The second-order valence-electron chi connectivity index (χ2n) is 6.87. The number of rotatable bonds is 4. The topological polar surface area (TPSA) is 58.1 Å². The van der Waals surface area contributed by atoms with Gasteiger partial charge in [-0.05, 0) is 49.4 Å². The molecule has 1 amide bonds. The summed E-state index contributed by atoms with van der Waals surface area (Å²) in [5.41, 5.74) is 0.731. The molecule has 6 heteroatoms. The molecule has 2 heterocycles. The zero-order chi connectivity index (χ0) is 17.3. The highest BCUT2D eigenvalue weighted by Gasteiger charge is 2.51. The molecule has 1 aromatic heterocycles. The minimum atomic E-state index is -0.343. The number of amides is 1. The van der Waals surface area contributed by atoms with Crippen LogP contribution in [-0.2, 0) is 10.2 Å². The van der Waals surface area contributed by atoms with Crippen molar-refractivity contribution in [3.05, 3.63) is 53.3 Å². The molecule has 0 spiro atoms. The molecule has 1 saturated carbocycles. The number of carbonyl (C=O) groups is 1. The van der Waals surface area contributed by atoms with E-state index in [4.69, 9.17) is 11.6 Å². The summed E-state index contributed by atoms with van der Waals surface area (Å²) < 4.78 is 0. The number of benzene rings is 1. The quantitative estimate of drug-likeness (QED) is 0.915. The molecule has 2 aromatic rings. The van der Waals surface area contributed by atoms with Crippen LogP contribution in [0.15, 0.2) is 42.7 Å². The number of anilines is 1. The van der Waals surface area contributed by atoms with E-state index in [0.29, 0.717) is 5.02 Å². The smallest absolute Gasteiger partial charge is 0.230 e. The predicted octanol–water partition coefficient (Wildman–Crippen LogP) is 2.95. The highest BCUT2D eigenvalue weighted by molar-refractivity contribution is 6.30. The van der Waals surface area contributed by atoms with Gasteiger partial charge in [0.1, 0.15) is 0 Å². The summed E-state index contributed by atoms with van der Waals surface area (Å²) in [4.78, 5) is 23.6. The van der Waals surface area contributed by atoms with E-state index < -0.39 is 0 Å². The molecule has 1 saturated heterocycles. The van der Waals surface area contributed by atoms with Crippen LogP contribution >= 0.6 is 11.6 Å². The summed E-state index contributed by atoms with van der Waals surface area (Å²) in [6, 6.07) is 9.72. The molecule has 1 N–H and O–H groups in total. The predicted molar refractivity (Wildman–Crippen MR) is 97.8 cm³/mol. The lowest BCUT2D eigenvalue weighted by Crippen LogP contribution is -2.48. The molecule has 130 valence electrons. The molecule has 1 aliphatic heterocycles. The average molecular weight is 357 g/mol. The highest BCUT2D eigenvalue weighted by Crippen LogP contribution is 2.48. The van der Waals surface area contributed by atoms with Gasteiger partial charge in [0.05, 0.1) is 5.41 Å². The van der Waals surface area contributed by atoms with E-state index in [2.05, 4.69) is 20.2 Å². The molecule has 0 atom stereocenters. The molecular formula is C19H21ClN4O. The van der Waals surface area contributed by atoms with Crippen molar-refractivity contribution in [1.82, 2.24) is 15.3 Å². The van der Waals surface area contributed by atoms with Crippen molar-refractivity contribution in [3.8, 4) is 0 Å². The summed E-state index contributed by atoms with van der Waals surface area (Å²) in [5, 5.41) is 3.97. The van der Waals surface area contributed by atoms with E-state index >= 15 is 0 Å². The van der Waals surface area contributed by atoms with Gasteiger partial charge in [0.2, 0.25) is 11.9 Å². The Hall–Kier alpha value is -2.14. The minimum absolute atomic E-state index is 0.157. The van der Waals surface area contributed by atoms with E-state index in [1.54, 1.807) is 12.4 Å². The van der Waals surface area contributed by atoms with Crippen LogP contribution in [0.25, 0.3) is 0 Å². The third kappa shape index (κ3) is 3.33. The van der Waals surface area contributed by atoms with Crippen LogP contribution in [0.5, 0.6) is 0 Å². The summed E-state index contributed by atoms with van der Waals surface area (Å²) in [5.74, 6) is 0.927. The van der Waals surface area contributed by atoms with E-state index in [0.717, 1.165) is 50.3 Å². The number of hydrogen-bond acceptors (Lipinski definition) is 4. The van der Waals surface area contributed by atoms with Gasteiger partial charge in [-0.1, -0.05) is 23.7 Å². The third-order valence-corrected chi connectivity index (χ3v) is 5.50. The average Bonchev–Trinajstić information content (AvgIpc) is 3.46. The van der Waals surface area contributed by atoms with Crippen molar-refractivity contribution in [3.63, 3.8) is 0 Å². The molecule has 25 heavy (non-hydrogen) atoms. The molecule has 0 bridgehead atoms. The molecule has 1 aliphatic carbocycles. The van der Waals surface area contributed by atoms with Crippen molar-refractivity contribution in [2.24, 2.45) is 0 Å². The monoisotopic (exact) mass is 356 g/mol. The Bertz CT molecular complexity index is 738. The Morgan fingerprint density at radius 3 is 2.36 bits per heavy atom. The molecule has 5 nitrogen and oxygen atoms in total. The number of carbonyl (C=O) groups excluding carboxylic acids is 1. The first-order valence-electron chi connectivity index (χ1n) is 8.76. The van der Waals surface area contributed by atoms with Crippen molar-refractivity contribution >= 4 is 23.5 Å². The lowest BCUT2D eigenvalue weighted by molar-refractivity contribution is -0.124. The second-order valence-corrected chi connectivity index (χ2v) is 7.31. The van der Waals surface area contributed by atoms with E-state index in [1.807, 2.05) is 30.3 Å². The lowest BCUT2D eigenvalue weighted by Gasteiger charge is -2.33. The summed E-state index contributed by atoms with van der Waals surface area (Å²) in [7, 11) is 0. The van der Waals surface area contributed by atoms with Gasteiger partial charge >= 0.3 is 0 Å². The molecular weight excluding hydrogens is 336 g/mol. The number of halogens is 1. The number of piperidine rings is 1. The number of aromatic nitrogens is 2. The Balaban J connectivity index is 1.36. The standard InChI is InChI=1S/C19H21ClN4O/c20-15-4-2-14(3-5-15)19(8-9-19)17(25)23-16-6-12-24(13-7-16)18-21-10-1-11-22-18/h1-5,10-11,16H,6-9,12-13H2,(H,23,25).